The molecule has 0 bridgehead atoms. The quantitative estimate of drug-likeness (QED) is 0.168. The zero-order valence-electron chi connectivity index (χ0n) is 20.6. The summed E-state index contributed by atoms with van der Waals surface area (Å²) in [5.74, 6) is 1.98. The van der Waals surface area contributed by atoms with Gasteiger partial charge in [-0.05, 0) is 66.2 Å². The first-order chi connectivity index (χ1) is 17.9. The summed E-state index contributed by atoms with van der Waals surface area (Å²) < 4.78 is 11.8. The molecule has 2 atom stereocenters. The van der Waals surface area contributed by atoms with Crippen LogP contribution in [0.2, 0.25) is 0 Å². The molecular formula is C28H26N4O4S. The van der Waals surface area contributed by atoms with Crippen molar-refractivity contribution in [2.75, 3.05) is 12.0 Å². The van der Waals surface area contributed by atoms with Crippen LogP contribution in [0.3, 0.4) is 0 Å². The van der Waals surface area contributed by atoms with Crippen LogP contribution in [0.15, 0.2) is 83.4 Å². The van der Waals surface area contributed by atoms with Gasteiger partial charge in [-0.3, -0.25) is 15.1 Å². The first-order valence-electron chi connectivity index (χ1n) is 11.9. The predicted octanol–water partition coefficient (Wildman–Crippen LogP) is 6.56. The highest BCUT2D eigenvalue weighted by molar-refractivity contribution is 7.80. The summed E-state index contributed by atoms with van der Waals surface area (Å²) in [6.07, 6.45) is 1.76. The van der Waals surface area contributed by atoms with Crippen LogP contribution in [-0.4, -0.2) is 22.1 Å². The number of anilines is 1. The van der Waals surface area contributed by atoms with Gasteiger partial charge in [0.05, 0.1) is 35.4 Å². The fourth-order valence-corrected chi connectivity index (χ4v) is 4.94. The van der Waals surface area contributed by atoms with Crippen LogP contribution in [0.1, 0.15) is 48.9 Å². The van der Waals surface area contributed by atoms with Crippen LogP contribution in [0.25, 0.3) is 11.3 Å². The second-order valence-corrected chi connectivity index (χ2v) is 9.47. The zero-order valence-corrected chi connectivity index (χ0v) is 21.4. The van der Waals surface area contributed by atoms with Crippen molar-refractivity contribution in [1.29, 1.82) is 0 Å². The van der Waals surface area contributed by atoms with Crippen LogP contribution >= 0.6 is 12.2 Å². The van der Waals surface area contributed by atoms with E-state index in [1.165, 1.54) is 24.8 Å². The molecule has 0 spiro atoms. The summed E-state index contributed by atoms with van der Waals surface area (Å²) in [5.41, 5.74) is 3.59. The van der Waals surface area contributed by atoms with E-state index in [1.54, 1.807) is 12.3 Å². The number of nitrogens with zero attached hydrogens (tertiary/aromatic N) is 3. The Bertz CT molecular complexity index is 1440. The Labute approximate surface area is 220 Å². The average Bonchev–Trinajstić information content (AvgIpc) is 3.53. The van der Waals surface area contributed by atoms with Gasteiger partial charge >= 0.3 is 0 Å². The normalized spacial score (nSPS) is 17.2. The average molecular weight is 515 g/mol. The first-order valence-corrected chi connectivity index (χ1v) is 12.3. The van der Waals surface area contributed by atoms with Gasteiger partial charge in [0.1, 0.15) is 23.3 Å². The Morgan fingerprint density at radius 2 is 1.89 bits per heavy atom. The highest BCUT2D eigenvalue weighted by atomic mass is 32.1. The predicted molar refractivity (Wildman–Crippen MR) is 146 cm³/mol. The number of furan rings is 1. The molecule has 8 nitrogen and oxygen atoms in total. The van der Waals surface area contributed by atoms with Crippen molar-refractivity contribution in [2.45, 2.75) is 31.8 Å². The number of hydrogen-bond acceptors (Lipinski definition) is 6. The van der Waals surface area contributed by atoms with E-state index in [0.29, 0.717) is 33.9 Å². The molecule has 1 aliphatic heterocycles. The number of hydrogen-bond donors (Lipinski definition) is 1. The molecule has 37 heavy (non-hydrogen) atoms. The van der Waals surface area contributed by atoms with E-state index in [-0.39, 0.29) is 17.8 Å². The van der Waals surface area contributed by atoms with Gasteiger partial charge in [0.25, 0.3) is 5.69 Å². The second kappa shape index (κ2) is 10.0. The van der Waals surface area contributed by atoms with Crippen LogP contribution < -0.4 is 15.0 Å². The molecule has 4 aromatic rings. The topological polar surface area (TPSA) is 93.7 Å². The van der Waals surface area contributed by atoms with Crippen molar-refractivity contribution in [3.63, 3.8) is 0 Å². The van der Waals surface area contributed by atoms with Gasteiger partial charge in [-0.15, -0.1) is 0 Å². The van der Waals surface area contributed by atoms with Gasteiger partial charge in [0.2, 0.25) is 0 Å². The lowest BCUT2D eigenvalue weighted by molar-refractivity contribution is -0.384. The molecule has 0 aliphatic carbocycles. The molecule has 2 aromatic carbocycles. The van der Waals surface area contributed by atoms with Crippen LogP contribution in [0.5, 0.6) is 5.75 Å². The van der Waals surface area contributed by atoms with E-state index in [0.717, 1.165) is 11.4 Å². The summed E-state index contributed by atoms with van der Waals surface area (Å²) in [7, 11) is 1.48. The maximum absolute atomic E-state index is 11.2. The molecule has 0 saturated carbocycles. The van der Waals surface area contributed by atoms with E-state index in [4.69, 9.17) is 21.4 Å². The second-order valence-electron chi connectivity index (χ2n) is 9.09. The van der Waals surface area contributed by atoms with E-state index in [1.807, 2.05) is 30.3 Å². The van der Waals surface area contributed by atoms with Gasteiger partial charge in [0.15, 0.2) is 5.11 Å². The number of pyridine rings is 1. The Balaban J connectivity index is 1.58. The van der Waals surface area contributed by atoms with E-state index < -0.39 is 4.92 Å². The number of non-ortho nitro benzene ring substituents is 1. The molecule has 1 N–H and O–H groups in total. The third kappa shape index (κ3) is 4.65. The molecule has 1 aliphatic rings. The number of nitro groups is 1. The Morgan fingerprint density at radius 3 is 2.54 bits per heavy atom. The summed E-state index contributed by atoms with van der Waals surface area (Å²) >= 11 is 5.80. The fourth-order valence-electron chi connectivity index (χ4n) is 4.60. The lowest BCUT2D eigenvalue weighted by atomic mass is 10.0. The minimum Gasteiger partial charge on any atom is -0.496 e. The summed E-state index contributed by atoms with van der Waals surface area (Å²) in [5, 5.41) is 15.2. The minimum absolute atomic E-state index is 0.0519. The van der Waals surface area contributed by atoms with Crippen LogP contribution in [-0.2, 0) is 0 Å². The highest BCUT2D eigenvalue weighted by Crippen LogP contribution is 2.44. The van der Waals surface area contributed by atoms with Gasteiger partial charge < -0.3 is 19.4 Å². The van der Waals surface area contributed by atoms with E-state index in [9.17, 15) is 10.1 Å². The molecule has 5 rings (SSSR count). The number of rotatable bonds is 7. The maximum atomic E-state index is 11.2. The van der Waals surface area contributed by atoms with Gasteiger partial charge in [-0.25, -0.2) is 0 Å². The van der Waals surface area contributed by atoms with E-state index >= 15 is 0 Å². The van der Waals surface area contributed by atoms with Crippen molar-refractivity contribution in [1.82, 2.24) is 10.3 Å². The molecular weight excluding hydrogens is 488 g/mol. The fraction of sp³-hybridized carbons (Fsp3) is 0.214. The van der Waals surface area contributed by atoms with Crippen molar-refractivity contribution in [2.24, 2.45) is 0 Å². The molecule has 0 amide bonds. The Morgan fingerprint density at radius 1 is 1.11 bits per heavy atom. The SMILES string of the molecule is COc1cc([N+](=O)[O-])ccc1-c1ccc([C@H]2[C@H](c3ccccn3)NC(=S)N2c2ccc(C(C)C)cc2)o1. The van der Waals surface area contributed by atoms with Crippen LogP contribution in [0, 0.1) is 10.1 Å². The first kappa shape index (κ1) is 24.5. The molecule has 188 valence electrons. The molecule has 1 saturated heterocycles. The summed E-state index contributed by atoms with van der Waals surface area (Å²) in [4.78, 5) is 17.4. The molecule has 3 heterocycles. The number of nitrogens with one attached hydrogen (secondary N) is 1. The number of ether oxygens (including phenoxy) is 1. The standard InChI is InChI=1S/C28H26N4O4S/c1-17(2)18-7-9-19(10-8-18)31-27(26(30-28(31)37)22-6-4-5-15-29-22)24-14-13-23(36-24)21-12-11-20(32(33)34)16-25(21)35-3/h4-17,26-27H,1-3H3,(H,30,37)/t26-,27-/m0/s1. The van der Waals surface area contributed by atoms with Gasteiger partial charge in [-0.1, -0.05) is 32.0 Å². The third-order valence-electron chi connectivity index (χ3n) is 6.52. The monoisotopic (exact) mass is 514 g/mol. The molecule has 1 fully saturated rings. The minimum atomic E-state index is -0.453. The maximum Gasteiger partial charge on any atom is 0.273 e. The molecule has 0 radical (unpaired) electrons. The van der Waals surface area contributed by atoms with E-state index in [2.05, 4.69) is 53.3 Å². The van der Waals surface area contributed by atoms with Crippen molar-refractivity contribution in [3.05, 3.63) is 106 Å². The zero-order chi connectivity index (χ0) is 26.1. The van der Waals surface area contributed by atoms with Crippen molar-refractivity contribution in [3.8, 4) is 17.1 Å². The lowest BCUT2D eigenvalue weighted by Crippen LogP contribution is -2.29. The third-order valence-corrected chi connectivity index (χ3v) is 6.83. The Kier molecular flexibility index (Phi) is 6.62. The van der Waals surface area contributed by atoms with Crippen molar-refractivity contribution < 1.29 is 14.1 Å². The number of methoxy groups -OCH3 is 1. The number of benzene rings is 2. The molecule has 9 heteroatoms. The lowest BCUT2D eigenvalue weighted by Gasteiger charge is -2.26. The van der Waals surface area contributed by atoms with Crippen molar-refractivity contribution >= 4 is 28.7 Å². The smallest absolute Gasteiger partial charge is 0.273 e. The largest absolute Gasteiger partial charge is 0.496 e. The number of nitro benzene ring substituents is 1. The van der Waals surface area contributed by atoms with Crippen LogP contribution in [0.4, 0.5) is 11.4 Å². The number of thiocarbonyl (C=S) groups is 1. The Hall–Kier alpha value is -4.24. The molecule has 2 aromatic heterocycles. The summed E-state index contributed by atoms with van der Waals surface area (Å²) in [6.45, 7) is 4.32. The van der Waals surface area contributed by atoms with Gasteiger partial charge in [0, 0.05) is 18.0 Å². The summed E-state index contributed by atoms with van der Waals surface area (Å²) in [6, 6.07) is 21.8. The van der Waals surface area contributed by atoms with Gasteiger partial charge in [-0.2, -0.15) is 0 Å². The molecule has 0 unspecified atom stereocenters. The highest BCUT2D eigenvalue weighted by Gasteiger charge is 2.42. The number of aromatic nitrogens is 1.